The molecule has 1 aliphatic rings. The molecular formula is C20H33ClN4O2. The summed E-state index contributed by atoms with van der Waals surface area (Å²) in [6.45, 7) is 10.5. The van der Waals surface area contributed by atoms with Crippen LogP contribution in [-0.4, -0.2) is 45.6 Å². The van der Waals surface area contributed by atoms with Crippen LogP contribution in [-0.2, 0) is 11.3 Å². The Morgan fingerprint density at radius 2 is 2.11 bits per heavy atom. The Hall–Kier alpha value is -1.56. The van der Waals surface area contributed by atoms with Crippen LogP contribution < -0.4 is 5.32 Å². The van der Waals surface area contributed by atoms with Gasteiger partial charge in [-0.3, -0.25) is 14.3 Å². The Morgan fingerprint density at radius 1 is 1.37 bits per heavy atom. The fourth-order valence-electron chi connectivity index (χ4n) is 3.34. The summed E-state index contributed by atoms with van der Waals surface area (Å²) >= 11 is 6.16. The maximum Gasteiger partial charge on any atom is 0.275 e. The molecule has 1 aromatic heterocycles. The number of hydrogen-bond donors (Lipinski definition) is 1. The second kappa shape index (κ2) is 9.58. The number of carbonyl (C=O) groups is 2. The number of aromatic nitrogens is 2. The average molecular weight is 397 g/mol. The molecule has 0 saturated carbocycles. The summed E-state index contributed by atoms with van der Waals surface area (Å²) in [5.41, 5.74) is 0.586. The second-order valence-electron chi connectivity index (χ2n) is 8.21. The summed E-state index contributed by atoms with van der Waals surface area (Å²) in [6.07, 6.45) is 7.04. The summed E-state index contributed by atoms with van der Waals surface area (Å²) in [7, 11) is 0. The Balaban J connectivity index is 1.85. The molecule has 2 rings (SSSR count). The predicted molar refractivity (Wildman–Crippen MR) is 108 cm³/mol. The molecule has 0 aromatic carbocycles. The van der Waals surface area contributed by atoms with Crippen molar-refractivity contribution >= 4 is 23.4 Å². The Labute approximate surface area is 167 Å². The maximum absolute atomic E-state index is 12.7. The molecule has 0 radical (unpaired) electrons. The first kappa shape index (κ1) is 21.7. The van der Waals surface area contributed by atoms with E-state index in [1.54, 1.807) is 15.8 Å². The van der Waals surface area contributed by atoms with E-state index in [0.29, 0.717) is 36.8 Å². The fraction of sp³-hybridized carbons (Fsp3) is 0.750. The molecule has 1 aromatic rings. The minimum Gasteiger partial charge on any atom is -0.352 e. The lowest BCUT2D eigenvalue weighted by Gasteiger charge is -2.33. The first-order valence-electron chi connectivity index (χ1n) is 10.1. The first-order chi connectivity index (χ1) is 12.8. The number of amides is 2. The van der Waals surface area contributed by atoms with Crippen LogP contribution in [0, 0.1) is 5.41 Å². The number of aryl methyl sites for hydroxylation is 1. The van der Waals surface area contributed by atoms with E-state index in [-0.39, 0.29) is 23.3 Å². The summed E-state index contributed by atoms with van der Waals surface area (Å²) in [5, 5.41) is 7.75. The number of nitrogens with zero attached hydrogens (tertiary/aromatic N) is 3. The van der Waals surface area contributed by atoms with Crippen molar-refractivity contribution in [3.8, 4) is 0 Å². The van der Waals surface area contributed by atoms with E-state index in [4.69, 9.17) is 11.6 Å². The van der Waals surface area contributed by atoms with Gasteiger partial charge in [0.2, 0.25) is 5.91 Å². The lowest BCUT2D eigenvalue weighted by atomic mass is 9.84. The van der Waals surface area contributed by atoms with Crippen molar-refractivity contribution in [3.05, 3.63) is 16.9 Å². The lowest BCUT2D eigenvalue weighted by molar-refractivity contribution is -0.122. The number of rotatable bonds is 8. The van der Waals surface area contributed by atoms with Crippen molar-refractivity contribution in [2.75, 3.05) is 13.1 Å². The van der Waals surface area contributed by atoms with E-state index < -0.39 is 0 Å². The zero-order valence-electron chi connectivity index (χ0n) is 17.1. The highest BCUT2D eigenvalue weighted by molar-refractivity contribution is 6.33. The van der Waals surface area contributed by atoms with Gasteiger partial charge in [-0.05, 0) is 38.0 Å². The molecule has 2 amide bonds. The smallest absolute Gasteiger partial charge is 0.275 e. The quantitative estimate of drug-likeness (QED) is 0.724. The molecule has 0 aliphatic carbocycles. The highest BCUT2D eigenvalue weighted by Gasteiger charge is 2.28. The van der Waals surface area contributed by atoms with Crippen molar-refractivity contribution in [1.82, 2.24) is 20.0 Å². The molecule has 0 bridgehead atoms. The van der Waals surface area contributed by atoms with Crippen molar-refractivity contribution in [3.63, 3.8) is 0 Å². The number of nitrogens with one attached hydrogen (secondary N) is 1. The standard InChI is InChI=1S/C20H33ClN4O2/c1-5-20(3,4)11-7-10-17(26)22-15-9-8-12-24(13-15)19(27)18-16(21)14-25(6-2)23-18/h14-15H,5-13H2,1-4H3,(H,22,26)/t15-/m1/s1. The molecule has 7 heteroatoms. The van der Waals surface area contributed by atoms with Gasteiger partial charge in [0.05, 0.1) is 5.02 Å². The monoisotopic (exact) mass is 396 g/mol. The lowest BCUT2D eigenvalue weighted by Crippen LogP contribution is -2.49. The summed E-state index contributed by atoms with van der Waals surface area (Å²) in [6, 6.07) is 0.00132. The van der Waals surface area contributed by atoms with E-state index in [1.165, 1.54) is 0 Å². The Bertz CT molecular complexity index is 656. The van der Waals surface area contributed by atoms with Gasteiger partial charge in [-0.2, -0.15) is 5.10 Å². The predicted octanol–water partition coefficient (Wildman–Crippen LogP) is 3.88. The number of carbonyl (C=O) groups excluding carboxylic acids is 2. The molecule has 1 atom stereocenters. The number of hydrogen-bond acceptors (Lipinski definition) is 3. The largest absolute Gasteiger partial charge is 0.352 e. The van der Waals surface area contributed by atoms with Gasteiger partial charge < -0.3 is 10.2 Å². The van der Waals surface area contributed by atoms with Gasteiger partial charge in [0.15, 0.2) is 5.69 Å². The number of likely N-dealkylation sites (tertiary alicyclic amines) is 1. The number of piperidine rings is 1. The van der Waals surface area contributed by atoms with Crippen LogP contribution in [0.2, 0.25) is 5.02 Å². The molecule has 2 heterocycles. The van der Waals surface area contributed by atoms with Crippen LogP contribution in [0.15, 0.2) is 6.20 Å². The van der Waals surface area contributed by atoms with Crippen LogP contribution in [0.1, 0.15) is 76.7 Å². The molecule has 0 spiro atoms. The van der Waals surface area contributed by atoms with E-state index >= 15 is 0 Å². The zero-order chi connectivity index (χ0) is 20.0. The summed E-state index contributed by atoms with van der Waals surface area (Å²) in [5.74, 6) is -0.0784. The van der Waals surface area contributed by atoms with Crippen molar-refractivity contribution in [2.45, 2.75) is 78.8 Å². The van der Waals surface area contributed by atoms with E-state index in [9.17, 15) is 9.59 Å². The molecule has 0 unspecified atom stereocenters. The highest BCUT2D eigenvalue weighted by atomic mass is 35.5. The zero-order valence-corrected chi connectivity index (χ0v) is 17.8. The fourth-order valence-corrected chi connectivity index (χ4v) is 3.57. The van der Waals surface area contributed by atoms with Gasteiger partial charge in [-0.1, -0.05) is 38.8 Å². The molecule has 1 N–H and O–H groups in total. The summed E-state index contributed by atoms with van der Waals surface area (Å²) in [4.78, 5) is 26.8. The third-order valence-corrected chi connectivity index (χ3v) is 5.81. The minimum atomic E-state index is -0.157. The molecule has 1 saturated heterocycles. The first-order valence-corrected chi connectivity index (χ1v) is 10.4. The van der Waals surface area contributed by atoms with Crippen LogP contribution in [0.4, 0.5) is 0 Å². The van der Waals surface area contributed by atoms with Gasteiger partial charge >= 0.3 is 0 Å². The average Bonchev–Trinajstić information content (AvgIpc) is 3.02. The van der Waals surface area contributed by atoms with Gasteiger partial charge in [0.25, 0.3) is 5.91 Å². The van der Waals surface area contributed by atoms with Gasteiger partial charge in [-0.25, -0.2) is 0 Å². The van der Waals surface area contributed by atoms with E-state index in [1.807, 2.05) is 6.92 Å². The van der Waals surface area contributed by atoms with Gasteiger partial charge in [-0.15, -0.1) is 0 Å². The van der Waals surface area contributed by atoms with Gasteiger partial charge in [0, 0.05) is 38.3 Å². The molecule has 1 aliphatic heterocycles. The van der Waals surface area contributed by atoms with Crippen LogP contribution in [0.25, 0.3) is 0 Å². The SMILES string of the molecule is CCn1cc(Cl)c(C(=O)N2CCC[C@@H](NC(=O)CCCC(C)(C)CC)C2)n1. The number of halogens is 1. The van der Waals surface area contributed by atoms with E-state index in [0.717, 1.165) is 32.1 Å². The molecule has 27 heavy (non-hydrogen) atoms. The van der Waals surface area contributed by atoms with E-state index in [2.05, 4.69) is 31.2 Å². The minimum absolute atomic E-state index is 0.00132. The second-order valence-corrected chi connectivity index (χ2v) is 8.62. The van der Waals surface area contributed by atoms with Crippen molar-refractivity contribution in [2.24, 2.45) is 5.41 Å². The summed E-state index contributed by atoms with van der Waals surface area (Å²) < 4.78 is 1.66. The molecular weight excluding hydrogens is 364 g/mol. The topological polar surface area (TPSA) is 67.2 Å². The molecule has 152 valence electrons. The van der Waals surface area contributed by atoms with Crippen molar-refractivity contribution in [1.29, 1.82) is 0 Å². The molecule has 1 fully saturated rings. The third kappa shape index (κ3) is 6.23. The van der Waals surface area contributed by atoms with Crippen LogP contribution in [0.3, 0.4) is 0 Å². The van der Waals surface area contributed by atoms with Crippen molar-refractivity contribution < 1.29 is 9.59 Å². The molecule has 6 nitrogen and oxygen atoms in total. The van der Waals surface area contributed by atoms with Gasteiger partial charge in [0.1, 0.15) is 0 Å². The van der Waals surface area contributed by atoms with Crippen LogP contribution in [0.5, 0.6) is 0 Å². The highest BCUT2D eigenvalue weighted by Crippen LogP contribution is 2.26. The Kier molecular flexibility index (Phi) is 7.71. The normalized spacial score (nSPS) is 17.8. The Morgan fingerprint density at radius 3 is 2.74 bits per heavy atom. The third-order valence-electron chi connectivity index (χ3n) is 5.53. The maximum atomic E-state index is 12.7. The van der Waals surface area contributed by atoms with Crippen LogP contribution >= 0.6 is 11.6 Å².